The van der Waals surface area contributed by atoms with Crippen LogP contribution in [0.1, 0.15) is 44.1 Å². The third-order valence-electron chi connectivity index (χ3n) is 7.45. The molecule has 10 heteroatoms. The van der Waals surface area contributed by atoms with Gasteiger partial charge in [-0.3, -0.25) is 15.6 Å². The normalized spacial score (nSPS) is 19.2. The second-order valence-electron chi connectivity index (χ2n) is 10.8. The van der Waals surface area contributed by atoms with Gasteiger partial charge in [0.1, 0.15) is 29.5 Å². The average molecular weight is 547 g/mol. The molecular formula is C30H39FN8O. The number of pyridine rings is 1. The number of aromatic nitrogens is 3. The summed E-state index contributed by atoms with van der Waals surface area (Å²) in [6, 6.07) is 12.9. The summed E-state index contributed by atoms with van der Waals surface area (Å²) in [6.07, 6.45) is 6.66. The summed E-state index contributed by atoms with van der Waals surface area (Å²) in [6.45, 7) is 8.87. The van der Waals surface area contributed by atoms with Crippen LogP contribution >= 0.6 is 0 Å². The molecule has 0 spiro atoms. The minimum Gasteiger partial charge on any atom is -0.377 e. The Bertz CT molecular complexity index is 1320. The molecule has 2 aromatic heterocycles. The Morgan fingerprint density at radius 2 is 1.98 bits per heavy atom. The van der Waals surface area contributed by atoms with E-state index >= 15 is 0 Å². The fraction of sp³-hybridized carbons (Fsp3) is 0.433. The molecule has 9 nitrogen and oxygen atoms in total. The summed E-state index contributed by atoms with van der Waals surface area (Å²) >= 11 is 0. The minimum absolute atomic E-state index is 0.00981. The molecule has 0 bridgehead atoms. The molecule has 2 aliphatic rings. The summed E-state index contributed by atoms with van der Waals surface area (Å²) in [5, 5.41) is 22.0. The van der Waals surface area contributed by atoms with Crippen molar-refractivity contribution in [2.24, 2.45) is 0 Å². The molecule has 0 saturated carbocycles. The van der Waals surface area contributed by atoms with Gasteiger partial charge < -0.3 is 19.9 Å². The number of β-amino-alcohol motifs (C(OH)–C–C–N with tert-alkyl or cyclic N) is 1. The van der Waals surface area contributed by atoms with E-state index < -0.39 is 6.23 Å². The van der Waals surface area contributed by atoms with Gasteiger partial charge in [-0.15, -0.1) is 0 Å². The van der Waals surface area contributed by atoms with Crippen LogP contribution in [-0.2, 0) is 0 Å². The van der Waals surface area contributed by atoms with Gasteiger partial charge in [0.15, 0.2) is 0 Å². The zero-order valence-corrected chi connectivity index (χ0v) is 23.2. The van der Waals surface area contributed by atoms with E-state index in [1.165, 1.54) is 6.07 Å². The summed E-state index contributed by atoms with van der Waals surface area (Å²) < 4.78 is 13.8. The van der Waals surface area contributed by atoms with Gasteiger partial charge in [-0.05, 0) is 68.7 Å². The standard InChI is InChI=1S/C30H39FN8O/c1-21(2)34-30(40)20-37-14-16-38(17-15-37)29-10-4-8-24(36-29)25-19-33-28(35-25)12-11-27(32)39-13-5-9-26(39)22-6-3-7-23(31)18-22/h3-4,6-8,10-12,18-19,21,26,30,32,34,40H,5,9,13-17,20H2,1-2H3,(H,33,35)/b12-11-,32-27?. The molecule has 2 unspecified atom stereocenters. The van der Waals surface area contributed by atoms with Gasteiger partial charge in [-0.1, -0.05) is 18.2 Å². The van der Waals surface area contributed by atoms with E-state index in [1.807, 2.05) is 43.0 Å². The molecule has 2 aliphatic heterocycles. The largest absolute Gasteiger partial charge is 0.377 e. The van der Waals surface area contributed by atoms with Crippen molar-refractivity contribution in [2.45, 2.75) is 45.0 Å². The monoisotopic (exact) mass is 546 g/mol. The fourth-order valence-corrected chi connectivity index (χ4v) is 5.51. The Labute approximate surface area is 235 Å². The van der Waals surface area contributed by atoms with Crippen LogP contribution in [0.3, 0.4) is 0 Å². The Morgan fingerprint density at radius 1 is 1.18 bits per heavy atom. The van der Waals surface area contributed by atoms with E-state index in [-0.39, 0.29) is 17.9 Å². The first kappa shape index (κ1) is 27.9. The molecule has 4 N–H and O–H groups in total. The molecular weight excluding hydrogens is 507 g/mol. The number of rotatable bonds is 9. The van der Waals surface area contributed by atoms with E-state index in [0.29, 0.717) is 18.2 Å². The SMILES string of the molecule is CC(C)NC(O)CN1CCN(c2cccc(-c3cnc(/C=C\C(=N)N4CCCC4c4cccc(F)c4)[nH]3)n2)CC1. The van der Waals surface area contributed by atoms with Crippen LogP contribution in [0.25, 0.3) is 17.5 Å². The predicted molar refractivity (Wildman–Crippen MR) is 157 cm³/mol. The number of aliphatic hydroxyl groups is 1. The van der Waals surface area contributed by atoms with Gasteiger partial charge in [-0.2, -0.15) is 0 Å². The number of likely N-dealkylation sites (tertiary alicyclic amines) is 1. The Kier molecular flexibility index (Phi) is 8.88. The maximum absolute atomic E-state index is 13.8. The molecule has 2 saturated heterocycles. The van der Waals surface area contributed by atoms with Crippen molar-refractivity contribution in [3.05, 3.63) is 71.9 Å². The van der Waals surface area contributed by atoms with Crippen LogP contribution in [-0.4, -0.2) is 87.2 Å². The van der Waals surface area contributed by atoms with E-state index in [9.17, 15) is 9.50 Å². The number of halogens is 1. The van der Waals surface area contributed by atoms with Gasteiger partial charge in [0.2, 0.25) is 0 Å². The zero-order chi connectivity index (χ0) is 28.1. The topological polar surface area (TPSA) is 107 Å². The maximum atomic E-state index is 13.8. The number of hydrogen-bond acceptors (Lipinski definition) is 7. The van der Waals surface area contributed by atoms with Gasteiger partial charge in [0.05, 0.1) is 23.6 Å². The van der Waals surface area contributed by atoms with E-state index in [0.717, 1.165) is 68.3 Å². The lowest BCUT2D eigenvalue weighted by atomic mass is 10.0. The van der Waals surface area contributed by atoms with Crippen LogP contribution in [0.15, 0.2) is 54.7 Å². The van der Waals surface area contributed by atoms with Crippen molar-refractivity contribution < 1.29 is 9.50 Å². The number of amidine groups is 1. The lowest BCUT2D eigenvalue weighted by Gasteiger charge is -2.36. The van der Waals surface area contributed by atoms with E-state index in [2.05, 4.69) is 25.1 Å². The van der Waals surface area contributed by atoms with Crippen LogP contribution < -0.4 is 10.2 Å². The summed E-state index contributed by atoms with van der Waals surface area (Å²) in [7, 11) is 0. The maximum Gasteiger partial charge on any atom is 0.130 e. The number of nitrogens with zero attached hydrogens (tertiary/aromatic N) is 5. The zero-order valence-electron chi connectivity index (χ0n) is 23.2. The molecule has 4 heterocycles. The fourth-order valence-electron chi connectivity index (χ4n) is 5.51. The number of H-pyrrole nitrogens is 1. The molecule has 0 aliphatic carbocycles. The Balaban J connectivity index is 1.18. The lowest BCUT2D eigenvalue weighted by molar-refractivity contribution is 0.0756. The molecule has 3 aromatic rings. The van der Waals surface area contributed by atoms with E-state index in [4.69, 9.17) is 10.4 Å². The van der Waals surface area contributed by atoms with Crippen molar-refractivity contribution >= 4 is 17.7 Å². The quantitative estimate of drug-likeness (QED) is 0.183. The smallest absolute Gasteiger partial charge is 0.130 e. The number of aromatic amines is 1. The number of hydrogen-bond donors (Lipinski definition) is 4. The molecule has 40 heavy (non-hydrogen) atoms. The highest BCUT2D eigenvalue weighted by Crippen LogP contribution is 2.32. The molecule has 1 aromatic carbocycles. The highest BCUT2D eigenvalue weighted by Gasteiger charge is 2.27. The average Bonchev–Trinajstić information content (AvgIpc) is 3.62. The molecule has 2 atom stereocenters. The van der Waals surface area contributed by atoms with Crippen molar-refractivity contribution in [1.29, 1.82) is 5.41 Å². The highest BCUT2D eigenvalue weighted by atomic mass is 19.1. The van der Waals surface area contributed by atoms with Crippen molar-refractivity contribution in [1.82, 2.24) is 30.1 Å². The second-order valence-corrected chi connectivity index (χ2v) is 10.8. The number of piperazine rings is 1. The van der Waals surface area contributed by atoms with Gasteiger partial charge in [-0.25, -0.2) is 14.4 Å². The molecule has 2 fully saturated rings. The molecule has 0 radical (unpaired) electrons. The summed E-state index contributed by atoms with van der Waals surface area (Å²) in [4.78, 5) is 19.2. The summed E-state index contributed by atoms with van der Waals surface area (Å²) in [5.74, 6) is 1.71. The summed E-state index contributed by atoms with van der Waals surface area (Å²) in [5.41, 5.74) is 2.53. The van der Waals surface area contributed by atoms with Crippen LogP contribution in [0.2, 0.25) is 0 Å². The number of anilines is 1. The van der Waals surface area contributed by atoms with Crippen molar-refractivity contribution in [3.63, 3.8) is 0 Å². The Morgan fingerprint density at radius 3 is 2.75 bits per heavy atom. The minimum atomic E-state index is -0.523. The molecule has 0 amide bonds. The number of benzene rings is 1. The predicted octanol–water partition coefficient (Wildman–Crippen LogP) is 3.88. The first-order valence-electron chi connectivity index (χ1n) is 14.1. The third kappa shape index (κ3) is 6.93. The highest BCUT2D eigenvalue weighted by molar-refractivity contribution is 5.94. The van der Waals surface area contributed by atoms with Gasteiger partial charge in [0, 0.05) is 45.3 Å². The van der Waals surface area contributed by atoms with Crippen LogP contribution in [0.5, 0.6) is 0 Å². The van der Waals surface area contributed by atoms with Crippen LogP contribution in [0, 0.1) is 11.2 Å². The van der Waals surface area contributed by atoms with Crippen LogP contribution in [0.4, 0.5) is 10.2 Å². The lowest BCUT2D eigenvalue weighted by Crippen LogP contribution is -2.51. The van der Waals surface area contributed by atoms with Gasteiger partial charge in [0.25, 0.3) is 0 Å². The number of imidazole rings is 1. The van der Waals surface area contributed by atoms with Gasteiger partial charge >= 0.3 is 0 Å². The van der Waals surface area contributed by atoms with E-state index in [1.54, 1.807) is 30.5 Å². The molecule has 212 valence electrons. The number of aliphatic hydroxyl groups excluding tert-OH is 1. The Hall–Kier alpha value is -3.60. The van der Waals surface area contributed by atoms with Crippen molar-refractivity contribution in [3.8, 4) is 11.4 Å². The third-order valence-corrected chi connectivity index (χ3v) is 7.45. The first-order valence-corrected chi connectivity index (χ1v) is 14.1. The second kappa shape index (κ2) is 12.7. The molecule has 5 rings (SSSR count). The van der Waals surface area contributed by atoms with Crippen molar-refractivity contribution in [2.75, 3.05) is 44.2 Å². The number of nitrogens with one attached hydrogen (secondary N) is 3. The first-order chi connectivity index (χ1) is 19.4.